The highest BCUT2D eigenvalue weighted by molar-refractivity contribution is 7.20. The van der Waals surface area contributed by atoms with E-state index in [4.69, 9.17) is 14.3 Å². The van der Waals surface area contributed by atoms with Gasteiger partial charge in [-0.3, -0.25) is 0 Å². The fourth-order valence-corrected chi connectivity index (χ4v) is 4.39. The van der Waals surface area contributed by atoms with Crippen molar-refractivity contribution < 1.29 is 19.1 Å². The molecule has 0 N–H and O–H groups in total. The van der Waals surface area contributed by atoms with E-state index in [1.54, 1.807) is 23.5 Å². The number of fused-ring (bicyclic) bond motifs is 1. The fourth-order valence-electron chi connectivity index (χ4n) is 3.12. The Morgan fingerprint density at radius 3 is 2.74 bits per heavy atom. The van der Waals surface area contributed by atoms with Crippen LogP contribution in [0.1, 0.15) is 29.9 Å². The molecule has 0 saturated carbocycles. The number of thiophene rings is 1. The van der Waals surface area contributed by atoms with Gasteiger partial charge in [-0.05, 0) is 37.4 Å². The van der Waals surface area contributed by atoms with Crippen LogP contribution in [0.2, 0.25) is 0 Å². The van der Waals surface area contributed by atoms with Crippen LogP contribution in [0.5, 0.6) is 5.75 Å². The second-order valence-electron chi connectivity index (χ2n) is 6.68. The molecule has 0 unspecified atom stereocenters. The van der Waals surface area contributed by atoms with Gasteiger partial charge in [0.05, 0.1) is 18.4 Å². The monoisotopic (exact) mass is 435 g/mol. The van der Waals surface area contributed by atoms with Crippen molar-refractivity contribution in [3.05, 3.63) is 83.3 Å². The molecule has 6 heteroatoms. The van der Waals surface area contributed by atoms with E-state index in [-0.39, 0.29) is 12.6 Å². The number of ether oxygens (including phenoxy) is 2. The lowest BCUT2D eigenvalue weighted by atomic mass is 10.1. The third-order valence-electron chi connectivity index (χ3n) is 4.67. The topological polar surface area (TPSA) is 57.1 Å². The minimum Gasteiger partial charge on any atom is -0.490 e. The zero-order valence-corrected chi connectivity index (χ0v) is 18.7. The second kappa shape index (κ2) is 10.6. The maximum atomic E-state index is 12.3. The van der Waals surface area contributed by atoms with Crippen molar-refractivity contribution in [3.8, 4) is 5.75 Å². The molecule has 1 heterocycles. The molecule has 0 fully saturated rings. The first kappa shape index (κ1) is 22.3. The Labute approximate surface area is 186 Å². The quantitative estimate of drug-likeness (QED) is 0.136. The van der Waals surface area contributed by atoms with Crippen LogP contribution in [0.3, 0.4) is 0 Å². The van der Waals surface area contributed by atoms with Crippen LogP contribution in [0.4, 0.5) is 0 Å². The van der Waals surface area contributed by atoms with Crippen molar-refractivity contribution in [2.45, 2.75) is 20.5 Å². The van der Waals surface area contributed by atoms with E-state index in [0.717, 1.165) is 37.6 Å². The number of nitrogens with zero attached hydrogens (tertiary/aromatic N) is 1. The molecule has 2 aromatic carbocycles. The molecule has 31 heavy (non-hydrogen) atoms. The first-order valence-corrected chi connectivity index (χ1v) is 10.7. The Bertz CT molecular complexity index is 1140. The van der Waals surface area contributed by atoms with Gasteiger partial charge in [0, 0.05) is 20.7 Å². The molecule has 3 aromatic rings. The van der Waals surface area contributed by atoms with Crippen LogP contribution in [0.25, 0.3) is 15.7 Å². The smallest absolute Gasteiger partial charge is 0.338 e. The summed E-state index contributed by atoms with van der Waals surface area (Å²) >= 11 is 1.54. The van der Waals surface area contributed by atoms with Gasteiger partial charge in [0.25, 0.3) is 0 Å². The number of allylic oxidation sites excluding steroid dienone is 1. The van der Waals surface area contributed by atoms with Crippen molar-refractivity contribution in [2.75, 3.05) is 13.7 Å². The van der Waals surface area contributed by atoms with E-state index >= 15 is 0 Å². The van der Waals surface area contributed by atoms with Crippen LogP contribution < -0.4 is 4.74 Å². The molecule has 0 atom stereocenters. The van der Waals surface area contributed by atoms with E-state index in [9.17, 15) is 4.79 Å². The predicted octanol–water partition coefficient (Wildman–Crippen LogP) is 5.98. The van der Waals surface area contributed by atoms with E-state index < -0.39 is 0 Å². The summed E-state index contributed by atoms with van der Waals surface area (Å²) in [5, 5.41) is 5.34. The Morgan fingerprint density at radius 2 is 2.00 bits per heavy atom. The lowest BCUT2D eigenvalue weighted by molar-refractivity contribution is -0.133. The van der Waals surface area contributed by atoms with Crippen LogP contribution in [0, 0.1) is 0 Å². The summed E-state index contributed by atoms with van der Waals surface area (Å²) in [5.74, 6) is 0.375. The summed E-state index contributed by atoms with van der Waals surface area (Å²) in [6.07, 6.45) is 3.47. The number of hydrogen-bond acceptors (Lipinski definition) is 6. The minimum atomic E-state index is -0.369. The van der Waals surface area contributed by atoms with Crippen LogP contribution in [-0.2, 0) is 21.0 Å². The van der Waals surface area contributed by atoms with Crippen molar-refractivity contribution in [2.24, 2.45) is 5.16 Å². The van der Waals surface area contributed by atoms with E-state index in [0.29, 0.717) is 12.2 Å². The van der Waals surface area contributed by atoms with Gasteiger partial charge in [0.15, 0.2) is 0 Å². The van der Waals surface area contributed by atoms with Crippen LogP contribution in [-0.4, -0.2) is 25.4 Å². The van der Waals surface area contributed by atoms with Gasteiger partial charge < -0.3 is 14.3 Å². The van der Waals surface area contributed by atoms with Gasteiger partial charge in [-0.2, -0.15) is 0 Å². The summed E-state index contributed by atoms with van der Waals surface area (Å²) in [6.45, 7) is 8.04. The first-order chi connectivity index (χ1) is 15.1. The maximum absolute atomic E-state index is 12.3. The lowest BCUT2D eigenvalue weighted by Crippen LogP contribution is -2.05. The number of methoxy groups -OCH3 is 1. The SMILES string of the molecule is C=CCOc1cccc(C(C)=NOCc2c(C(=CC)C(=O)OC)sc3ccccc23)c1. The molecule has 160 valence electrons. The number of rotatable bonds is 9. The Hall–Kier alpha value is -3.38. The normalized spacial score (nSPS) is 12.0. The molecule has 0 saturated heterocycles. The lowest BCUT2D eigenvalue weighted by Gasteiger charge is -2.08. The van der Waals surface area contributed by atoms with Crippen molar-refractivity contribution in [3.63, 3.8) is 0 Å². The maximum Gasteiger partial charge on any atom is 0.338 e. The summed E-state index contributed by atoms with van der Waals surface area (Å²) < 4.78 is 11.6. The molecule has 0 aliphatic rings. The standard InChI is InChI=1S/C25H25NO4S/c1-5-14-29-19-11-9-10-18(15-19)17(3)26-30-16-22-21-12-7-8-13-23(21)31-24(22)20(6-2)25(27)28-4/h5-13,15H,1,14,16H2,2-4H3. The zero-order chi connectivity index (χ0) is 22.2. The molecule has 0 aliphatic carbocycles. The Morgan fingerprint density at radius 1 is 1.19 bits per heavy atom. The average molecular weight is 436 g/mol. The van der Waals surface area contributed by atoms with E-state index in [2.05, 4.69) is 11.7 Å². The zero-order valence-electron chi connectivity index (χ0n) is 17.9. The summed E-state index contributed by atoms with van der Waals surface area (Å²) in [4.78, 5) is 18.8. The van der Waals surface area contributed by atoms with Crippen molar-refractivity contribution >= 4 is 38.7 Å². The molecule has 0 amide bonds. The van der Waals surface area contributed by atoms with Crippen molar-refractivity contribution in [1.29, 1.82) is 0 Å². The Balaban J connectivity index is 1.86. The van der Waals surface area contributed by atoms with Crippen molar-refractivity contribution in [1.82, 2.24) is 0 Å². The van der Waals surface area contributed by atoms with E-state index in [1.165, 1.54) is 7.11 Å². The van der Waals surface area contributed by atoms with Crippen LogP contribution in [0.15, 0.2) is 72.4 Å². The molecule has 1 aromatic heterocycles. The van der Waals surface area contributed by atoms with Gasteiger partial charge in [-0.25, -0.2) is 4.79 Å². The molecular weight excluding hydrogens is 410 g/mol. The molecule has 0 aliphatic heterocycles. The molecular formula is C25H25NO4S. The Kier molecular flexibility index (Phi) is 7.62. The minimum absolute atomic E-state index is 0.234. The molecule has 5 nitrogen and oxygen atoms in total. The summed E-state index contributed by atoms with van der Waals surface area (Å²) in [5.41, 5.74) is 3.07. The highest BCUT2D eigenvalue weighted by Crippen LogP contribution is 2.37. The number of benzene rings is 2. The molecule has 0 radical (unpaired) electrons. The van der Waals surface area contributed by atoms with Gasteiger partial charge in [-0.1, -0.05) is 54.2 Å². The number of carbonyl (C=O) groups excluding carboxylic acids is 1. The number of oxime groups is 1. The summed E-state index contributed by atoms with van der Waals surface area (Å²) in [6, 6.07) is 15.7. The number of hydrogen-bond donors (Lipinski definition) is 0. The van der Waals surface area contributed by atoms with Gasteiger partial charge >= 0.3 is 5.97 Å². The largest absolute Gasteiger partial charge is 0.490 e. The van der Waals surface area contributed by atoms with E-state index in [1.807, 2.05) is 62.4 Å². The number of esters is 1. The predicted molar refractivity (Wildman–Crippen MR) is 127 cm³/mol. The van der Waals surface area contributed by atoms with Gasteiger partial charge in [0.1, 0.15) is 19.0 Å². The third-order valence-corrected chi connectivity index (χ3v) is 5.91. The second-order valence-corrected chi connectivity index (χ2v) is 7.73. The molecule has 0 bridgehead atoms. The number of carbonyl (C=O) groups is 1. The average Bonchev–Trinajstić information content (AvgIpc) is 3.16. The van der Waals surface area contributed by atoms with Gasteiger partial charge in [0.2, 0.25) is 0 Å². The highest BCUT2D eigenvalue weighted by Gasteiger charge is 2.21. The fraction of sp³-hybridized carbons (Fsp3) is 0.200. The summed E-state index contributed by atoms with van der Waals surface area (Å²) in [7, 11) is 1.38. The highest BCUT2D eigenvalue weighted by atomic mass is 32.1. The van der Waals surface area contributed by atoms with Crippen LogP contribution >= 0.6 is 11.3 Å². The van der Waals surface area contributed by atoms with Gasteiger partial charge in [-0.15, -0.1) is 11.3 Å². The first-order valence-electron chi connectivity index (χ1n) is 9.85. The molecule has 3 rings (SSSR count). The third kappa shape index (κ3) is 5.22. The molecule has 0 spiro atoms.